The maximum absolute atomic E-state index is 12.1. The predicted molar refractivity (Wildman–Crippen MR) is 90.2 cm³/mol. The fourth-order valence-corrected chi connectivity index (χ4v) is 3.87. The quantitative estimate of drug-likeness (QED) is 0.641. The average molecular weight is 336 g/mol. The highest BCUT2D eigenvalue weighted by atomic mass is 32.1. The van der Waals surface area contributed by atoms with Gasteiger partial charge in [0.25, 0.3) is 0 Å². The molecule has 0 saturated heterocycles. The van der Waals surface area contributed by atoms with Crippen LogP contribution < -0.4 is 10.9 Å². The first-order valence-corrected chi connectivity index (χ1v) is 8.98. The van der Waals surface area contributed by atoms with Crippen LogP contribution in [0.15, 0.2) is 6.07 Å². The molecule has 0 aromatic carbocycles. The van der Waals surface area contributed by atoms with Gasteiger partial charge in [-0.25, -0.2) is 0 Å². The number of ketones is 1. The van der Waals surface area contributed by atoms with E-state index in [1.54, 1.807) is 11.3 Å². The second-order valence-corrected chi connectivity index (χ2v) is 7.58. The van der Waals surface area contributed by atoms with Crippen molar-refractivity contribution >= 4 is 28.9 Å². The Kier molecular flexibility index (Phi) is 6.33. The summed E-state index contributed by atoms with van der Waals surface area (Å²) in [6.45, 7) is 3.87. The van der Waals surface area contributed by atoms with Gasteiger partial charge in [-0.1, -0.05) is 19.3 Å². The number of Topliss-reactive ketones (excluding diaryl/α,β-unsaturated/α-hetero) is 1. The number of carbonyl (C=O) groups excluding carboxylic acids is 3. The van der Waals surface area contributed by atoms with Crippen LogP contribution in [0.4, 0.5) is 0 Å². The molecule has 2 amide bonds. The van der Waals surface area contributed by atoms with Crippen molar-refractivity contribution in [1.82, 2.24) is 10.9 Å². The van der Waals surface area contributed by atoms with Gasteiger partial charge >= 0.3 is 0 Å². The van der Waals surface area contributed by atoms with E-state index in [0.717, 1.165) is 35.4 Å². The molecular weight excluding hydrogens is 312 g/mol. The van der Waals surface area contributed by atoms with Crippen molar-refractivity contribution in [2.75, 3.05) is 0 Å². The molecule has 23 heavy (non-hydrogen) atoms. The first-order chi connectivity index (χ1) is 11.0. The van der Waals surface area contributed by atoms with Crippen molar-refractivity contribution in [2.24, 2.45) is 5.92 Å². The number of nitrogens with one attached hydrogen (secondary N) is 2. The SMILES string of the molecule is Cc1cc(C(=O)CCC(=O)NNC(=O)C2CCCCC2)c(C)s1. The number of thiophene rings is 1. The highest BCUT2D eigenvalue weighted by Gasteiger charge is 2.21. The second kappa shape index (κ2) is 8.24. The summed E-state index contributed by atoms with van der Waals surface area (Å²) in [4.78, 5) is 37.9. The van der Waals surface area contributed by atoms with E-state index >= 15 is 0 Å². The van der Waals surface area contributed by atoms with Gasteiger partial charge < -0.3 is 0 Å². The molecule has 2 rings (SSSR count). The van der Waals surface area contributed by atoms with E-state index < -0.39 is 0 Å². The number of hydrogen-bond donors (Lipinski definition) is 2. The van der Waals surface area contributed by atoms with Gasteiger partial charge in [-0.15, -0.1) is 11.3 Å². The number of aryl methyl sites for hydroxylation is 2. The lowest BCUT2D eigenvalue weighted by Crippen LogP contribution is -2.45. The minimum Gasteiger partial charge on any atom is -0.294 e. The topological polar surface area (TPSA) is 75.3 Å². The van der Waals surface area contributed by atoms with Crippen LogP contribution in [0.25, 0.3) is 0 Å². The Labute approximate surface area is 140 Å². The minimum atomic E-state index is -0.327. The molecule has 1 aliphatic carbocycles. The molecule has 0 atom stereocenters. The van der Waals surface area contributed by atoms with E-state index in [0.29, 0.717) is 5.56 Å². The third-order valence-corrected chi connectivity index (χ3v) is 5.19. The summed E-state index contributed by atoms with van der Waals surface area (Å²) < 4.78 is 0. The fourth-order valence-electron chi connectivity index (χ4n) is 2.93. The summed E-state index contributed by atoms with van der Waals surface area (Å²) in [6.07, 6.45) is 5.33. The number of amides is 2. The zero-order chi connectivity index (χ0) is 16.8. The highest BCUT2D eigenvalue weighted by molar-refractivity contribution is 7.12. The molecule has 0 spiro atoms. The Hall–Kier alpha value is -1.69. The molecule has 1 aromatic rings. The number of carbonyl (C=O) groups is 3. The molecule has 1 saturated carbocycles. The molecule has 126 valence electrons. The van der Waals surface area contributed by atoms with Gasteiger partial charge in [-0.3, -0.25) is 25.2 Å². The molecule has 5 nitrogen and oxygen atoms in total. The second-order valence-electron chi connectivity index (χ2n) is 6.12. The Morgan fingerprint density at radius 3 is 2.39 bits per heavy atom. The van der Waals surface area contributed by atoms with E-state index in [1.807, 2.05) is 19.9 Å². The maximum atomic E-state index is 12.1. The van der Waals surface area contributed by atoms with Gasteiger partial charge in [-0.2, -0.15) is 0 Å². The average Bonchev–Trinajstić information content (AvgIpc) is 2.89. The molecule has 1 fully saturated rings. The van der Waals surface area contributed by atoms with E-state index in [9.17, 15) is 14.4 Å². The van der Waals surface area contributed by atoms with Gasteiger partial charge in [0.05, 0.1) is 0 Å². The first-order valence-electron chi connectivity index (χ1n) is 8.16. The molecule has 0 bridgehead atoms. The van der Waals surface area contributed by atoms with Crippen LogP contribution in [0.3, 0.4) is 0 Å². The first kappa shape index (κ1) is 17.7. The summed E-state index contributed by atoms with van der Waals surface area (Å²) in [5, 5.41) is 0. The zero-order valence-electron chi connectivity index (χ0n) is 13.7. The molecule has 1 heterocycles. The summed E-state index contributed by atoms with van der Waals surface area (Å²) >= 11 is 1.58. The smallest absolute Gasteiger partial charge is 0.241 e. The predicted octanol–water partition coefficient (Wildman–Crippen LogP) is 3.06. The number of hydrogen-bond acceptors (Lipinski definition) is 4. The lowest BCUT2D eigenvalue weighted by atomic mass is 9.89. The molecule has 0 radical (unpaired) electrons. The fraction of sp³-hybridized carbons (Fsp3) is 0.588. The zero-order valence-corrected chi connectivity index (χ0v) is 14.6. The van der Waals surface area contributed by atoms with Crippen molar-refractivity contribution in [3.05, 3.63) is 21.4 Å². The van der Waals surface area contributed by atoms with E-state index in [4.69, 9.17) is 0 Å². The lowest BCUT2D eigenvalue weighted by Gasteiger charge is -2.20. The molecule has 1 aliphatic rings. The van der Waals surface area contributed by atoms with Crippen LogP contribution >= 0.6 is 11.3 Å². The number of rotatable bonds is 5. The minimum absolute atomic E-state index is 0.00196. The summed E-state index contributed by atoms with van der Waals surface area (Å²) in [7, 11) is 0. The van der Waals surface area contributed by atoms with E-state index in [1.165, 1.54) is 6.42 Å². The van der Waals surface area contributed by atoms with Crippen molar-refractivity contribution < 1.29 is 14.4 Å². The van der Waals surface area contributed by atoms with E-state index in [-0.39, 0.29) is 36.4 Å². The molecule has 0 unspecified atom stereocenters. The Morgan fingerprint density at radius 2 is 1.78 bits per heavy atom. The van der Waals surface area contributed by atoms with Crippen molar-refractivity contribution in [3.8, 4) is 0 Å². The van der Waals surface area contributed by atoms with Crippen LogP contribution in [0.5, 0.6) is 0 Å². The molecular formula is C17H24N2O3S. The Morgan fingerprint density at radius 1 is 1.09 bits per heavy atom. The summed E-state index contributed by atoms with van der Waals surface area (Å²) in [5.74, 6) is -0.469. The number of hydrazine groups is 1. The van der Waals surface area contributed by atoms with E-state index in [2.05, 4.69) is 10.9 Å². The Balaban J connectivity index is 1.71. The van der Waals surface area contributed by atoms with Crippen LogP contribution in [0.1, 0.15) is 65.1 Å². The van der Waals surface area contributed by atoms with Gasteiger partial charge in [0.15, 0.2) is 5.78 Å². The maximum Gasteiger partial charge on any atom is 0.241 e. The summed E-state index contributed by atoms with van der Waals surface area (Å²) in [5.41, 5.74) is 5.60. The van der Waals surface area contributed by atoms with Crippen molar-refractivity contribution in [2.45, 2.75) is 58.8 Å². The van der Waals surface area contributed by atoms with Crippen LogP contribution in [-0.2, 0) is 9.59 Å². The van der Waals surface area contributed by atoms with Gasteiger partial charge in [0, 0.05) is 34.1 Å². The molecule has 6 heteroatoms. The van der Waals surface area contributed by atoms with Crippen LogP contribution in [0, 0.1) is 19.8 Å². The lowest BCUT2D eigenvalue weighted by molar-refractivity contribution is -0.131. The molecule has 0 aliphatic heterocycles. The van der Waals surface area contributed by atoms with Crippen molar-refractivity contribution in [3.63, 3.8) is 0 Å². The molecule has 2 N–H and O–H groups in total. The normalized spacial score (nSPS) is 15.2. The highest BCUT2D eigenvalue weighted by Crippen LogP contribution is 2.23. The van der Waals surface area contributed by atoms with Gasteiger partial charge in [0.2, 0.25) is 11.8 Å². The molecule has 1 aromatic heterocycles. The largest absolute Gasteiger partial charge is 0.294 e. The monoisotopic (exact) mass is 336 g/mol. The third-order valence-electron chi connectivity index (χ3n) is 4.22. The van der Waals surface area contributed by atoms with Crippen LogP contribution in [-0.4, -0.2) is 17.6 Å². The van der Waals surface area contributed by atoms with Crippen LogP contribution in [0.2, 0.25) is 0 Å². The van der Waals surface area contributed by atoms with Gasteiger partial charge in [-0.05, 0) is 32.8 Å². The standard InChI is InChI=1S/C17H24N2O3S/c1-11-10-14(12(2)23-11)15(20)8-9-16(21)18-19-17(22)13-6-4-3-5-7-13/h10,13H,3-9H2,1-2H3,(H,18,21)(H,19,22). The summed E-state index contributed by atoms with van der Waals surface area (Å²) in [6, 6.07) is 1.87. The van der Waals surface area contributed by atoms with Crippen molar-refractivity contribution in [1.29, 1.82) is 0 Å². The Bertz CT molecular complexity index is 589. The van der Waals surface area contributed by atoms with Gasteiger partial charge in [0.1, 0.15) is 0 Å². The third kappa shape index (κ3) is 5.16.